The molecule has 0 radical (unpaired) electrons. The van der Waals surface area contributed by atoms with Crippen LogP contribution in [0.15, 0.2) is 48.7 Å². The van der Waals surface area contributed by atoms with Gasteiger partial charge in [0.1, 0.15) is 12.4 Å². The minimum atomic E-state index is -0.0406. The van der Waals surface area contributed by atoms with E-state index in [-0.39, 0.29) is 11.9 Å². The van der Waals surface area contributed by atoms with Crippen LogP contribution in [-0.4, -0.2) is 16.9 Å². The fraction of sp³-hybridized carbons (Fsp3) is 0.429. The summed E-state index contributed by atoms with van der Waals surface area (Å²) in [4.78, 5) is 16.8. The predicted molar refractivity (Wildman–Crippen MR) is 98.5 cm³/mol. The van der Waals surface area contributed by atoms with Crippen molar-refractivity contribution in [2.75, 3.05) is 0 Å². The molecule has 3 rings (SSSR count). The fourth-order valence-electron chi connectivity index (χ4n) is 3.36. The SMILES string of the molecule is CC(NC(=O)c1ccc(COc2ccccc2)nc1)C1CCCCC1. The van der Waals surface area contributed by atoms with Crippen LogP contribution in [0.3, 0.4) is 0 Å². The topological polar surface area (TPSA) is 51.2 Å². The maximum atomic E-state index is 12.4. The first-order valence-electron chi connectivity index (χ1n) is 9.16. The molecule has 0 spiro atoms. The van der Waals surface area contributed by atoms with Gasteiger partial charge in [0.2, 0.25) is 0 Å². The highest BCUT2D eigenvalue weighted by molar-refractivity contribution is 5.94. The number of rotatable bonds is 6. The van der Waals surface area contributed by atoms with Crippen LogP contribution in [0.2, 0.25) is 0 Å². The molecular formula is C21H26N2O2. The lowest BCUT2D eigenvalue weighted by Gasteiger charge is -2.28. The summed E-state index contributed by atoms with van der Waals surface area (Å²) >= 11 is 0. The number of nitrogens with one attached hydrogen (secondary N) is 1. The van der Waals surface area contributed by atoms with Gasteiger partial charge in [0.15, 0.2) is 0 Å². The van der Waals surface area contributed by atoms with Gasteiger partial charge in [-0.15, -0.1) is 0 Å². The van der Waals surface area contributed by atoms with Crippen LogP contribution in [0.4, 0.5) is 0 Å². The van der Waals surface area contributed by atoms with E-state index in [1.807, 2.05) is 42.5 Å². The smallest absolute Gasteiger partial charge is 0.253 e. The number of amides is 1. The van der Waals surface area contributed by atoms with Gasteiger partial charge >= 0.3 is 0 Å². The van der Waals surface area contributed by atoms with Crippen molar-refractivity contribution in [1.29, 1.82) is 0 Å². The van der Waals surface area contributed by atoms with Gasteiger partial charge in [-0.05, 0) is 49.9 Å². The standard InChI is InChI=1S/C21H26N2O2/c1-16(17-8-4-2-5-9-17)23-21(24)18-12-13-19(22-14-18)15-25-20-10-6-3-7-11-20/h3,6-7,10-14,16-17H,2,4-5,8-9,15H2,1H3,(H,23,24). The zero-order chi connectivity index (χ0) is 17.5. The second-order valence-electron chi connectivity index (χ2n) is 6.80. The Morgan fingerprint density at radius 3 is 2.60 bits per heavy atom. The zero-order valence-electron chi connectivity index (χ0n) is 14.8. The first-order chi connectivity index (χ1) is 12.2. The van der Waals surface area contributed by atoms with E-state index in [1.165, 1.54) is 32.1 Å². The second-order valence-corrected chi connectivity index (χ2v) is 6.80. The molecule has 25 heavy (non-hydrogen) atoms. The Kier molecular flexibility index (Phi) is 6.04. The molecule has 1 aliphatic rings. The molecule has 4 nitrogen and oxygen atoms in total. The second kappa shape index (κ2) is 8.65. The zero-order valence-corrected chi connectivity index (χ0v) is 14.8. The van der Waals surface area contributed by atoms with Crippen molar-refractivity contribution in [3.05, 3.63) is 59.9 Å². The summed E-state index contributed by atoms with van der Waals surface area (Å²) in [6.07, 6.45) is 7.95. The number of pyridine rings is 1. The molecule has 132 valence electrons. The summed E-state index contributed by atoms with van der Waals surface area (Å²) in [5.74, 6) is 1.37. The van der Waals surface area contributed by atoms with Crippen molar-refractivity contribution in [3.8, 4) is 5.75 Å². The summed E-state index contributed by atoms with van der Waals surface area (Å²) in [6, 6.07) is 13.5. The monoisotopic (exact) mass is 338 g/mol. The van der Waals surface area contributed by atoms with Gasteiger partial charge in [0.25, 0.3) is 5.91 Å². The van der Waals surface area contributed by atoms with Crippen molar-refractivity contribution >= 4 is 5.91 Å². The summed E-state index contributed by atoms with van der Waals surface area (Å²) in [5.41, 5.74) is 1.41. The van der Waals surface area contributed by atoms with Crippen molar-refractivity contribution in [3.63, 3.8) is 0 Å². The Morgan fingerprint density at radius 2 is 1.92 bits per heavy atom. The quantitative estimate of drug-likeness (QED) is 0.851. The van der Waals surface area contributed by atoms with Gasteiger partial charge in [0, 0.05) is 12.2 Å². The van der Waals surface area contributed by atoms with Crippen LogP contribution < -0.4 is 10.1 Å². The Balaban J connectivity index is 1.51. The lowest BCUT2D eigenvalue weighted by molar-refractivity contribution is 0.0919. The third kappa shape index (κ3) is 5.05. The molecule has 1 aliphatic carbocycles. The minimum absolute atomic E-state index is 0.0406. The van der Waals surface area contributed by atoms with Crippen LogP contribution in [-0.2, 0) is 6.61 Å². The van der Waals surface area contributed by atoms with Crippen molar-refractivity contribution in [2.45, 2.75) is 51.7 Å². The third-order valence-corrected chi connectivity index (χ3v) is 4.93. The van der Waals surface area contributed by atoms with Crippen molar-refractivity contribution in [1.82, 2.24) is 10.3 Å². The van der Waals surface area contributed by atoms with Crippen molar-refractivity contribution < 1.29 is 9.53 Å². The summed E-state index contributed by atoms with van der Waals surface area (Å²) in [5, 5.41) is 3.13. The number of ether oxygens (including phenoxy) is 1. The van der Waals surface area contributed by atoms with E-state index in [4.69, 9.17) is 4.74 Å². The maximum Gasteiger partial charge on any atom is 0.253 e. The van der Waals surface area contributed by atoms with Crippen molar-refractivity contribution in [2.24, 2.45) is 5.92 Å². The normalized spacial score (nSPS) is 16.2. The molecule has 1 aromatic heterocycles. The van der Waals surface area contributed by atoms with E-state index in [0.29, 0.717) is 18.1 Å². The van der Waals surface area contributed by atoms with E-state index in [2.05, 4.69) is 17.2 Å². The fourth-order valence-corrected chi connectivity index (χ4v) is 3.36. The molecule has 1 heterocycles. The molecule has 2 aromatic rings. The molecule has 1 amide bonds. The summed E-state index contributed by atoms with van der Waals surface area (Å²) in [7, 11) is 0. The number of hydrogen-bond donors (Lipinski definition) is 1. The van der Waals surface area contributed by atoms with Crippen LogP contribution in [0.5, 0.6) is 5.75 Å². The lowest BCUT2D eigenvalue weighted by atomic mass is 9.84. The maximum absolute atomic E-state index is 12.4. The third-order valence-electron chi connectivity index (χ3n) is 4.93. The van der Waals surface area contributed by atoms with Crippen LogP contribution in [0, 0.1) is 5.92 Å². The summed E-state index contributed by atoms with van der Waals surface area (Å²) < 4.78 is 5.67. The molecule has 1 unspecified atom stereocenters. The molecule has 1 aromatic carbocycles. The Bertz CT molecular complexity index is 664. The average Bonchev–Trinajstić information content (AvgIpc) is 2.68. The minimum Gasteiger partial charge on any atom is -0.487 e. The van der Waals surface area contributed by atoms with Gasteiger partial charge in [0.05, 0.1) is 11.3 Å². The van der Waals surface area contributed by atoms with Gasteiger partial charge in [-0.2, -0.15) is 0 Å². The van der Waals surface area contributed by atoms with E-state index >= 15 is 0 Å². The summed E-state index contributed by atoms with van der Waals surface area (Å²) in [6.45, 7) is 2.51. The highest BCUT2D eigenvalue weighted by Crippen LogP contribution is 2.26. The van der Waals surface area contributed by atoms with E-state index in [0.717, 1.165) is 11.4 Å². The number of benzene rings is 1. The molecule has 1 N–H and O–H groups in total. The number of nitrogens with zero attached hydrogens (tertiary/aromatic N) is 1. The van der Waals surface area contributed by atoms with E-state index < -0.39 is 0 Å². The number of aromatic nitrogens is 1. The highest BCUT2D eigenvalue weighted by atomic mass is 16.5. The molecule has 0 bridgehead atoms. The molecule has 1 atom stereocenters. The first kappa shape index (κ1) is 17.5. The number of carbonyl (C=O) groups excluding carboxylic acids is 1. The highest BCUT2D eigenvalue weighted by Gasteiger charge is 2.21. The van der Waals surface area contributed by atoms with Gasteiger partial charge in [-0.25, -0.2) is 0 Å². The Labute approximate surface area is 149 Å². The molecule has 4 heteroatoms. The van der Waals surface area contributed by atoms with E-state index in [1.54, 1.807) is 6.20 Å². The molecular weight excluding hydrogens is 312 g/mol. The molecule has 1 fully saturated rings. The number of carbonyl (C=O) groups is 1. The Hall–Kier alpha value is -2.36. The largest absolute Gasteiger partial charge is 0.487 e. The van der Waals surface area contributed by atoms with Gasteiger partial charge in [-0.1, -0.05) is 37.5 Å². The van der Waals surface area contributed by atoms with Crippen LogP contribution >= 0.6 is 0 Å². The van der Waals surface area contributed by atoms with Crippen LogP contribution in [0.25, 0.3) is 0 Å². The molecule has 0 aliphatic heterocycles. The number of hydrogen-bond acceptors (Lipinski definition) is 3. The average molecular weight is 338 g/mol. The lowest BCUT2D eigenvalue weighted by Crippen LogP contribution is -2.38. The van der Waals surface area contributed by atoms with Gasteiger partial charge in [-0.3, -0.25) is 9.78 Å². The number of para-hydroxylation sites is 1. The Morgan fingerprint density at radius 1 is 1.16 bits per heavy atom. The molecule has 0 saturated heterocycles. The van der Waals surface area contributed by atoms with Gasteiger partial charge < -0.3 is 10.1 Å². The predicted octanol–water partition coefficient (Wildman–Crippen LogP) is 4.36. The molecule has 1 saturated carbocycles. The van der Waals surface area contributed by atoms with Crippen LogP contribution in [0.1, 0.15) is 55.1 Å². The van der Waals surface area contributed by atoms with E-state index in [9.17, 15) is 4.79 Å². The first-order valence-corrected chi connectivity index (χ1v) is 9.16.